The Morgan fingerprint density at radius 1 is 1.14 bits per heavy atom. The molecule has 0 fully saturated rings. The first-order valence-corrected chi connectivity index (χ1v) is 7.70. The SMILES string of the molecule is CCCNc1cc(NC(C)(C)C(C)(C)O)nc(C(C)C)n1. The van der Waals surface area contributed by atoms with E-state index in [2.05, 4.69) is 41.4 Å². The van der Waals surface area contributed by atoms with Crippen molar-refractivity contribution in [1.82, 2.24) is 9.97 Å². The third-order valence-corrected chi connectivity index (χ3v) is 3.79. The summed E-state index contributed by atoms with van der Waals surface area (Å²) in [7, 11) is 0. The van der Waals surface area contributed by atoms with E-state index >= 15 is 0 Å². The second-order valence-electron chi connectivity index (χ2n) is 6.89. The van der Waals surface area contributed by atoms with Gasteiger partial charge in [-0.3, -0.25) is 0 Å². The summed E-state index contributed by atoms with van der Waals surface area (Å²) in [5, 5.41) is 16.9. The van der Waals surface area contributed by atoms with Crippen LogP contribution in [0.15, 0.2) is 6.07 Å². The molecule has 0 aliphatic rings. The van der Waals surface area contributed by atoms with Crippen LogP contribution in [-0.4, -0.2) is 32.8 Å². The molecule has 120 valence electrons. The second-order valence-corrected chi connectivity index (χ2v) is 6.89. The summed E-state index contributed by atoms with van der Waals surface area (Å²) < 4.78 is 0. The van der Waals surface area contributed by atoms with Gasteiger partial charge in [-0.15, -0.1) is 0 Å². The van der Waals surface area contributed by atoms with Gasteiger partial charge in [-0.2, -0.15) is 0 Å². The van der Waals surface area contributed by atoms with Crippen LogP contribution in [0, 0.1) is 0 Å². The van der Waals surface area contributed by atoms with Crippen LogP contribution in [-0.2, 0) is 0 Å². The fourth-order valence-corrected chi connectivity index (χ4v) is 1.60. The van der Waals surface area contributed by atoms with E-state index in [0.717, 1.165) is 30.4 Å². The highest BCUT2D eigenvalue weighted by Gasteiger charge is 2.35. The Balaban J connectivity index is 3.08. The zero-order valence-corrected chi connectivity index (χ0v) is 14.4. The molecular weight excluding hydrogens is 264 g/mol. The van der Waals surface area contributed by atoms with Crippen molar-refractivity contribution in [1.29, 1.82) is 0 Å². The number of hydrogen-bond acceptors (Lipinski definition) is 5. The van der Waals surface area contributed by atoms with Crippen LogP contribution >= 0.6 is 0 Å². The number of nitrogens with one attached hydrogen (secondary N) is 2. The summed E-state index contributed by atoms with van der Waals surface area (Å²) in [5.41, 5.74) is -1.37. The molecule has 3 N–H and O–H groups in total. The van der Waals surface area contributed by atoms with E-state index in [1.54, 1.807) is 13.8 Å². The fourth-order valence-electron chi connectivity index (χ4n) is 1.60. The highest BCUT2D eigenvalue weighted by atomic mass is 16.3. The normalized spacial score (nSPS) is 12.6. The Bertz CT molecular complexity index is 464. The molecule has 5 nitrogen and oxygen atoms in total. The summed E-state index contributed by atoms with van der Waals surface area (Å²) in [5.74, 6) is 2.60. The molecule has 0 aromatic carbocycles. The predicted molar refractivity (Wildman–Crippen MR) is 88.9 cm³/mol. The van der Waals surface area contributed by atoms with Crippen LogP contribution in [0.3, 0.4) is 0 Å². The number of hydrogen-bond donors (Lipinski definition) is 3. The molecule has 1 aromatic heterocycles. The quantitative estimate of drug-likeness (QED) is 0.719. The van der Waals surface area contributed by atoms with Crippen molar-refractivity contribution < 1.29 is 5.11 Å². The van der Waals surface area contributed by atoms with Crippen LogP contribution in [0.1, 0.15) is 66.6 Å². The van der Waals surface area contributed by atoms with Crippen molar-refractivity contribution in [2.45, 2.75) is 71.9 Å². The summed E-state index contributed by atoms with van der Waals surface area (Å²) >= 11 is 0. The van der Waals surface area contributed by atoms with Crippen molar-refractivity contribution in [3.05, 3.63) is 11.9 Å². The topological polar surface area (TPSA) is 70.1 Å². The maximum absolute atomic E-state index is 10.3. The summed E-state index contributed by atoms with van der Waals surface area (Å²) in [6, 6.07) is 1.90. The van der Waals surface area contributed by atoms with Gasteiger partial charge < -0.3 is 15.7 Å². The highest BCUT2D eigenvalue weighted by molar-refractivity contribution is 5.49. The molecule has 21 heavy (non-hydrogen) atoms. The number of aromatic nitrogens is 2. The molecule has 5 heteroatoms. The van der Waals surface area contributed by atoms with Crippen molar-refractivity contribution in [2.75, 3.05) is 17.2 Å². The Kier molecular flexibility index (Phi) is 5.56. The fraction of sp³-hybridized carbons (Fsp3) is 0.750. The lowest BCUT2D eigenvalue weighted by atomic mass is 9.86. The van der Waals surface area contributed by atoms with Crippen LogP contribution in [0.2, 0.25) is 0 Å². The van der Waals surface area contributed by atoms with Crippen molar-refractivity contribution in [2.24, 2.45) is 0 Å². The van der Waals surface area contributed by atoms with Crippen LogP contribution in [0.5, 0.6) is 0 Å². The Hall–Kier alpha value is -1.36. The zero-order chi connectivity index (χ0) is 16.3. The molecule has 0 amide bonds. The minimum absolute atomic E-state index is 0.249. The van der Waals surface area contributed by atoms with E-state index in [4.69, 9.17) is 0 Å². The number of aliphatic hydroxyl groups is 1. The first-order chi connectivity index (χ1) is 9.56. The van der Waals surface area contributed by atoms with Crippen molar-refractivity contribution in [3.63, 3.8) is 0 Å². The molecule has 1 aromatic rings. The smallest absolute Gasteiger partial charge is 0.135 e. The third kappa shape index (κ3) is 4.84. The van der Waals surface area contributed by atoms with Crippen LogP contribution < -0.4 is 10.6 Å². The molecule has 0 aliphatic carbocycles. The predicted octanol–water partition coefficient (Wildman–Crippen LogP) is 3.38. The molecule has 1 rings (SSSR count). The van der Waals surface area contributed by atoms with Gasteiger partial charge in [0.2, 0.25) is 0 Å². The van der Waals surface area contributed by atoms with Gasteiger partial charge in [0.15, 0.2) is 0 Å². The molecule has 1 heterocycles. The van der Waals surface area contributed by atoms with Gasteiger partial charge in [0.1, 0.15) is 17.5 Å². The molecule has 0 atom stereocenters. The monoisotopic (exact) mass is 294 g/mol. The number of nitrogens with zero attached hydrogens (tertiary/aromatic N) is 2. The number of anilines is 2. The lowest BCUT2D eigenvalue weighted by Crippen LogP contribution is -2.51. The van der Waals surface area contributed by atoms with E-state index in [9.17, 15) is 5.11 Å². The molecular formula is C16H30N4O. The average molecular weight is 294 g/mol. The van der Waals surface area contributed by atoms with E-state index < -0.39 is 11.1 Å². The maximum atomic E-state index is 10.3. The van der Waals surface area contributed by atoms with Crippen molar-refractivity contribution >= 4 is 11.6 Å². The summed E-state index contributed by atoms with van der Waals surface area (Å²) in [6.45, 7) is 14.7. The molecule has 0 aliphatic heterocycles. The standard InChI is InChI=1S/C16H30N4O/c1-8-9-17-12-10-13(19-14(18-12)11(2)3)20-15(4,5)16(6,7)21/h10-11,21H,8-9H2,1-7H3,(H2,17,18,19,20). The van der Waals surface area contributed by atoms with E-state index in [1.807, 2.05) is 19.9 Å². The van der Waals surface area contributed by atoms with Crippen LogP contribution in [0.25, 0.3) is 0 Å². The molecule has 0 spiro atoms. The Labute approximate surface area is 128 Å². The van der Waals surface area contributed by atoms with Gasteiger partial charge in [0.05, 0.1) is 11.1 Å². The average Bonchev–Trinajstić information content (AvgIpc) is 2.34. The molecule has 0 saturated heterocycles. The van der Waals surface area contributed by atoms with Gasteiger partial charge in [0.25, 0.3) is 0 Å². The van der Waals surface area contributed by atoms with Gasteiger partial charge in [-0.05, 0) is 34.1 Å². The lowest BCUT2D eigenvalue weighted by molar-refractivity contribution is 0.0238. The van der Waals surface area contributed by atoms with Crippen LogP contribution in [0.4, 0.5) is 11.6 Å². The second kappa shape index (κ2) is 6.60. The molecule has 0 unspecified atom stereocenters. The van der Waals surface area contributed by atoms with Crippen molar-refractivity contribution in [3.8, 4) is 0 Å². The van der Waals surface area contributed by atoms with Gasteiger partial charge >= 0.3 is 0 Å². The van der Waals surface area contributed by atoms with Gasteiger partial charge in [-0.1, -0.05) is 20.8 Å². The third-order valence-electron chi connectivity index (χ3n) is 3.79. The van der Waals surface area contributed by atoms with E-state index in [1.165, 1.54) is 0 Å². The van der Waals surface area contributed by atoms with E-state index in [-0.39, 0.29) is 5.92 Å². The Morgan fingerprint density at radius 3 is 2.19 bits per heavy atom. The lowest BCUT2D eigenvalue weighted by Gasteiger charge is -2.38. The maximum Gasteiger partial charge on any atom is 0.135 e. The number of rotatable bonds is 7. The first kappa shape index (κ1) is 17.7. The Morgan fingerprint density at radius 2 is 1.71 bits per heavy atom. The molecule has 0 radical (unpaired) electrons. The van der Waals surface area contributed by atoms with E-state index in [0.29, 0.717) is 0 Å². The molecule has 0 bridgehead atoms. The molecule has 0 saturated carbocycles. The van der Waals surface area contributed by atoms with Gasteiger partial charge in [-0.25, -0.2) is 9.97 Å². The minimum atomic E-state index is -0.868. The summed E-state index contributed by atoms with van der Waals surface area (Å²) in [6.07, 6.45) is 1.04. The minimum Gasteiger partial charge on any atom is -0.388 e. The summed E-state index contributed by atoms with van der Waals surface area (Å²) in [4.78, 5) is 9.10. The first-order valence-electron chi connectivity index (χ1n) is 7.70. The van der Waals surface area contributed by atoms with Gasteiger partial charge in [0, 0.05) is 18.5 Å². The zero-order valence-electron chi connectivity index (χ0n) is 14.4. The largest absolute Gasteiger partial charge is 0.388 e. The highest BCUT2D eigenvalue weighted by Crippen LogP contribution is 2.26.